The van der Waals surface area contributed by atoms with Gasteiger partial charge in [0.2, 0.25) is 0 Å². The highest BCUT2D eigenvalue weighted by molar-refractivity contribution is 4.93. The molecule has 0 aromatic carbocycles. The molecule has 118 valence electrons. The Morgan fingerprint density at radius 1 is 1.20 bits per heavy atom. The fourth-order valence-electron chi connectivity index (χ4n) is 4.22. The normalized spacial score (nSPS) is 36.5. The molecule has 1 saturated heterocycles. The molecule has 3 atom stereocenters. The molecule has 0 amide bonds. The molecule has 3 nitrogen and oxygen atoms in total. The molecule has 0 bridgehead atoms. The van der Waals surface area contributed by atoms with Gasteiger partial charge in [-0.25, -0.2) is 0 Å². The maximum absolute atomic E-state index is 10.5. The van der Waals surface area contributed by atoms with Gasteiger partial charge in [0.05, 0.1) is 5.60 Å². The van der Waals surface area contributed by atoms with Gasteiger partial charge in [-0.3, -0.25) is 0 Å². The van der Waals surface area contributed by atoms with Crippen LogP contribution in [0.3, 0.4) is 0 Å². The highest BCUT2D eigenvalue weighted by atomic mass is 16.3. The smallest absolute Gasteiger partial charge is 0.0797 e. The molecule has 0 aromatic rings. The lowest BCUT2D eigenvalue weighted by Crippen LogP contribution is -2.42. The number of aliphatic hydroxyl groups is 1. The van der Waals surface area contributed by atoms with Gasteiger partial charge in [-0.15, -0.1) is 0 Å². The Bertz CT molecular complexity index is 295. The van der Waals surface area contributed by atoms with Crippen LogP contribution in [-0.2, 0) is 0 Å². The average Bonchev–Trinajstić information content (AvgIpc) is 2.65. The van der Waals surface area contributed by atoms with Crippen molar-refractivity contribution in [3.63, 3.8) is 0 Å². The SMILES string of the molecule is CC(C)C1CCCN(CCC2CCCC2(O)CN)CC1. The molecule has 20 heavy (non-hydrogen) atoms. The van der Waals surface area contributed by atoms with Gasteiger partial charge in [-0.2, -0.15) is 0 Å². The molecule has 3 heteroatoms. The quantitative estimate of drug-likeness (QED) is 0.815. The fourth-order valence-corrected chi connectivity index (χ4v) is 4.22. The Kier molecular flexibility index (Phi) is 5.88. The average molecular weight is 282 g/mol. The topological polar surface area (TPSA) is 49.5 Å². The van der Waals surface area contributed by atoms with E-state index >= 15 is 0 Å². The number of hydrogen-bond donors (Lipinski definition) is 2. The van der Waals surface area contributed by atoms with Crippen LogP contribution in [0.25, 0.3) is 0 Å². The summed E-state index contributed by atoms with van der Waals surface area (Å²) in [5.41, 5.74) is 5.22. The molecule has 2 rings (SSSR count). The Balaban J connectivity index is 1.77. The van der Waals surface area contributed by atoms with E-state index in [1.54, 1.807) is 0 Å². The lowest BCUT2D eigenvalue weighted by atomic mass is 9.88. The van der Waals surface area contributed by atoms with Crippen molar-refractivity contribution in [1.29, 1.82) is 0 Å². The molecule has 3 unspecified atom stereocenters. The van der Waals surface area contributed by atoms with Gasteiger partial charge in [0.1, 0.15) is 0 Å². The molecule has 1 aliphatic carbocycles. The summed E-state index contributed by atoms with van der Waals surface area (Å²) in [6.45, 7) is 8.80. The molecule has 2 fully saturated rings. The van der Waals surface area contributed by atoms with Gasteiger partial charge in [-0.05, 0) is 75.9 Å². The minimum atomic E-state index is -0.563. The molecule has 1 heterocycles. The van der Waals surface area contributed by atoms with Gasteiger partial charge in [-0.1, -0.05) is 20.3 Å². The molecule has 1 saturated carbocycles. The maximum atomic E-state index is 10.5. The van der Waals surface area contributed by atoms with E-state index in [-0.39, 0.29) is 0 Å². The van der Waals surface area contributed by atoms with Crippen molar-refractivity contribution in [2.45, 2.75) is 64.4 Å². The first-order chi connectivity index (χ1) is 9.55. The second-order valence-electron chi connectivity index (χ2n) is 7.46. The van der Waals surface area contributed by atoms with Crippen molar-refractivity contribution in [1.82, 2.24) is 4.90 Å². The molecular formula is C17H34N2O. The summed E-state index contributed by atoms with van der Waals surface area (Å²) in [5.74, 6) is 2.16. The van der Waals surface area contributed by atoms with Crippen molar-refractivity contribution in [2.75, 3.05) is 26.2 Å². The summed E-state index contributed by atoms with van der Waals surface area (Å²) < 4.78 is 0. The van der Waals surface area contributed by atoms with Crippen molar-refractivity contribution in [3.05, 3.63) is 0 Å². The highest BCUT2D eigenvalue weighted by Crippen LogP contribution is 2.37. The molecule has 0 spiro atoms. The lowest BCUT2D eigenvalue weighted by molar-refractivity contribution is 0.00463. The van der Waals surface area contributed by atoms with E-state index in [1.165, 1.54) is 32.4 Å². The number of rotatable bonds is 5. The number of nitrogens with zero attached hydrogens (tertiary/aromatic N) is 1. The summed E-state index contributed by atoms with van der Waals surface area (Å²) >= 11 is 0. The van der Waals surface area contributed by atoms with Crippen LogP contribution in [0.15, 0.2) is 0 Å². The van der Waals surface area contributed by atoms with Gasteiger partial charge in [0.25, 0.3) is 0 Å². The lowest BCUT2D eigenvalue weighted by Gasteiger charge is -2.30. The molecule has 0 aromatic heterocycles. The zero-order chi connectivity index (χ0) is 14.6. The van der Waals surface area contributed by atoms with E-state index in [2.05, 4.69) is 18.7 Å². The zero-order valence-corrected chi connectivity index (χ0v) is 13.5. The molecule has 0 radical (unpaired) electrons. The van der Waals surface area contributed by atoms with Crippen LogP contribution in [0.4, 0.5) is 0 Å². The minimum absolute atomic E-state index is 0.427. The van der Waals surface area contributed by atoms with Crippen LogP contribution in [-0.4, -0.2) is 41.8 Å². The Labute approximate surface area is 124 Å². The Morgan fingerprint density at radius 2 is 2.00 bits per heavy atom. The van der Waals surface area contributed by atoms with Crippen LogP contribution in [0.1, 0.15) is 58.8 Å². The molecule has 3 N–H and O–H groups in total. The number of likely N-dealkylation sites (tertiary alicyclic amines) is 1. The van der Waals surface area contributed by atoms with Crippen LogP contribution in [0, 0.1) is 17.8 Å². The van der Waals surface area contributed by atoms with E-state index in [4.69, 9.17) is 5.73 Å². The second-order valence-corrected chi connectivity index (χ2v) is 7.46. The molecule has 2 aliphatic rings. The summed E-state index contributed by atoms with van der Waals surface area (Å²) in [6, 6.07) is 0. The first-order valence-corrected chi connectivity index (χ1v) is 8.70. The van der Waals surface area contributed by atoms with Crippen LogP contribution >= 0.6 is 0 Å². The third-order valence-electron chi connectivity index (χ3n) is 5.88. The minimum Gasteiger partial charge on any atom is -0.388 e. The van der Waals surface area contributed by atoms with Crippen LogP contribution in [0.5, 0.6) is 0 Å². The first-order valence-electron chi connectivity index (χ1n) is 8.70. The summed E-state index contributed by atoms with van der Waals surface area (Å²) in [4.78, 5) is 2.62. The third kappa shape index (κ3) is 3.96. The van der Waals surface area contributed by atoms with Crippen molar-refractivity contribution in [2.24, 2.45) is 23.5 Å². The van der Waals surface area contributed by atoms with Gasteiger partial charge in [0, 0.05) is 6.54 Å². The van der Waals surface area contributed by atoms with Gasteiger partial charge in [0.15, 0.2) is 0 Å². The third-order valence-corrected chi connectivity index (χ3v) is 5.88. The zero-order valence-electron chi connectivity index (χ0n) is 13.5. The van der Waals surface area contributed by atoms with Crippen molar-refractivity contribution in [3.8, 4) is 0 Å². The monoisotopic (exact) mass is 282 g/mol. The molecule has 1 aliphatic heterocycles. The Morgan fingerprint density at radius 3 is 2.70 bits per heavy atom. The highest BCUT2D eigenvalue weighted by Gasteiger charge is 2.39. The molecular weight excluding hydrogens is 248 g/mol. The van der Waals surface area contributed by atoms with E-state index < -0.39 is 5.60 Å². The predicted octanol–water partition coefficient (Wildman–Crippen LogP) is 2.62. The number of hydrogen-bond acceptors (Lipinski definition) is 3. The number of nitrogens with two attached hydrogens (primary N) is 1. The standard InChI is InChI=1S/C17H34N2O/c1-14(2)15-5-4-10-19(11-7-15)12-8-16-6-3-9-17(16,20)13-18/h14-16,20H,3-13,18H2,1-2H3. The summed E-state index contributed by atoms with van der Waals surface area (Å²) in [7, 11) is 0. The van der Waals surface area contributed by atoms with Crippen LogP contribution in [0.2, 0.25) is 0 Å². The van der Waals surface area contributed by atoms with E-state index in [1.807, 2.05) is 0 Å². The summed E-state index contributed by atoms with van der Waals surface area (Å²) in [5, 5.41) is 10.5. The van der Waals surface area contributed by atoms with Crippen LogP contribution < -0.4 is 5.73 Å². The van der Waals surface area contributed by atoms with Gasteiger partial charge >= 0.3 is 0 Å². The maximum Gasteiger partial charge on any atom is 0.0797 e. The van der Waals surface area contributed by atoms with E-state index in [9.17, 15) is 5.11 Å². The first kappa shape index (κ1) is 16.3. The predicted molar refractivity (Wildman–Crippen MR) is 84.6 cm³/mol. The fraction of sp³-hybridized carbons (Fsp3) is 1.00. The van der Waals surface area contributed by atoms with Gasteiger partial charge < -0.3 is 15.7 Å². The second kappa shape index (κ2) is 7.24. The summed E-state index contributed by atoms with van der Waals surface area (Å²) in [6.07, 6.45) is 8.43. The van der Waals surface area contributed by atoms with Crippen molar-refractivity contribution < 1.29 is 5.11 Å². The van der Waals surface area contributed by atoms with Crippen molar-refractivity contribution >= 4 is 0 Å². The Hall–Kier alpha value is -0.120. The van der Waals surface area contributed by atoms with E-state index in [0.717, 1.165) is 44.1 Å². The van der Waals surface area contributed by atoms with E-state index in [0.29, 0.717) is 12.5 Å². The largest absolute Gasteiger partial charge is 0.388 e.